The lowest BCUT2D eigenvalue weighted by atomic mass is 9.85. The third-order valence-corrected chi connectivity index (χ3v) is 3.78. The van der Waals surface area contributed by atoms with E-state index in [2.05, 4.69) is 5.10 Å². The van der Waals surface area contributed by atoms with Gasteiger partial charge in [0.1, 0.15) is 11.4 Å². The van der Waals surface area contributed by atoms with E-state index >= 15 is 0 Å². The van der Waals surface area contributed by atoms with E-state index in [0.717, 1.165) is 0 Å². The van der Waals surface area contributed by atoms with E-state index in [4.69, 9.17) is 0 Å². The summed E-state index contributed by atoms with van der Waals surface area (Å²) >= 11 is 0. The SMILES string of the molecule is Cn1cc2c(n1)C(=O)c1cc3ccccc3c(O)c1C2=O. The Hall–Kier alpha value is -2.95. The zero-order valence-electron chi connectivity index (χ0n) is 11.1. The minimum absolute atomic E-state index is 0.0687. The summed E-state index contributed by atoms with van der Waals surface area (Å²) in [6.07, 6.45) is 1.51. The molecular formula is C16H10N2O3. The third kappa shape index (κ3) is 1.43. The largest absolute Gasteiger partial charge is 0.507 e. The van der Waals surface area contributed by atoms with Gasteiger partial charge in [0.2, 0.25) is 11.6 Å². The van der Waals surface area contributed by atoms with Crippen molar-refractivity contribution in [1.29, 1.82) is 0 Å². The number of hydrogen-bond donors (Lipinski definition) is 1. The number of aryl methyl sites for hydroxylation is 1. The lowest BCUT2D eigenvalue weighted by molar-refractivity contribution is 0.0974. The number of nitrogens with zero attached hydrogens (tertiary/aromatic N) is 2. The van der Waals surface area contributed by atoms with E-state index in [1.807, 2.05) is 6.07 Å². The highest BCUT2D eigenvalue weighted by Gasteiger charge is 2.35. The van der Waals surface area contributed by atoms with Gasteiger partial charge in [0.05, 0.1) is 11.1 Å². The van der Waals surface area contributed by atoms with E-state index in [-0.39, 0.29) is 39.7 Å². The Morgan fingerprint density at radius 1 is 1.10 bits per heavy atom. The van der Waals surface area contributed by atoms with Gasteiger partial charge in [-0.25, -0.2) is 0 Å². The van der Waals surface area contributed by atoms with Crippen molar-refractivity contribution in [2.75, 3.05) is 0 Å². The standard InChI is InChI=1S/C16H10N2O3/c1-18-7-11-13(17-18)16(21)10-6-8-4-2-3-5-9(8)14(19)12(10)15(11)20/h2-7,19H,1H3. The molecule has 1 aliphatic carbocycles. The molecule has 1 N–H and O–H groups in total. The summed E-state index contributed by atoms with van der Waals surface area (Å²) in [6.45, 7) is 0. The van der Waals surface area contributed by atoms with E-state index in [0.29, 0.717) is 10.8 Å². The molecule has 1 heterocycles. The van der Waals surface area contributed by atoms with Crippen LogP contribution in [0.3, 0.4) is 0 Å². The van der Waals surface area contributed by atoms with Crippen LogP contribution in [0.5, 0.6) is 5.75 Å². The maximum atomic E-state index is 12.6. The summed E-state index contributed by atoms with van der Waals surface area (Å²) in [5, 5.41) is 15.7. The summed E-state index contributed by atoms with van der Waals surface area (Å²) in [7, 11) is 1.65. The maximum Gasteiger partial charge on any atom is 0.214 e. The number of aromatic nitrogens is 2. The Kier molecular flexibility index (Phi) is 2.14. The van der Waals surface area contributed by atoms with Gasteiger partial charge in [0.15, 0.2) is 0 Å². The van der Waals surface area contributed by atoms with Crippen LogP contribution in [0.1, 0.15) is 32.0 Å². The van der Waals surface area contributed by atoms with Gasteiger partial charge in [-0.2, -0.15) is 5.10 Å². The molecule has 5 heteroatoms. The number of phenolic OH excluding ortho intramolecular Hbond substituents is 1. The van der Waals surface area contributed by atoms with Crippen LogP contribution in [0.25, 0.3) is 10.8 Å². The van der Waals surface area contributed by atoms with E-state index in [1.54, 1.807) is 31.3 Å². The van der Waals surface area contributed by atoms with Crippen LogP contribution in [-0.4, -0.2) is 26.5 Å². The Labute approximate surface area is 119 Å². The molecular weight excluding hydrogens is 268 g/mol. The monoisotopic (exact) mass is 278 g/mol. The second kappa shape index (κ2) is 3.79. The fourth-order valence-corrected chi connectivity index (χ4v) is 2.82. The van der Waals surface area contributed by atoms with Crippen molar-refractivity contribution >= 4 is 22.3 Å². The van der Waals surface area contributed by atoms with Crippen LogP contribution < -0.4 is 0 Å². The molecule has 0 radical (unpaired) electrons. The normalized spacial score (nSPS) is 13.4. The summed E-state index contributed by atoms with van der Waals surface area (Å²) in [5.41, 5.74) is 0.659. The van der Waals surface area contributed by atoms with Crippen LogP contribution >= 0.6 is 0 Å². The molecule has 0 saturated carbocycles. The maximum absolute atomic E-state index is 12.6. The second-order valence-electron chi connectivity index (χ2n) is 5.09. The first kappa shape index (κ1) is 11.8. The fourth-order valence-electron chi connectivity index (χ4n) is 2.82. The number of aromatic hydroxyl groups is 1. The second-order valence-corrected chi connectivity index (χ2v) is 5.09. The molecule has 0 fully saturated rings. The van der Waals surface area contributed by atoms with Gasteiger partial charge < -0.3 is 5.11 Å². The molecule has 0 amide bonds. The summed E-state index contributed by atoms with van der Waals surface area (Å²) in [5.74, 6) is -0.840. The quantitative estimate of drug-likeness (QED) is 0.534. The Morgan fingerprint density at radius 2 is 1.86 bits per heavy atom. The van der Waals surface area contributed by atoms with Crippen molar-refractivity contribution in [1.82, 2.24) is 9.78 Å². The first-order valence-electron chi connectivity index (χ1n) is 6.45. The smallest absolute Gasteiger partial charge is 0.214 e. The zero-order chi connectivity index (χ0) is 14.7. The predicted octanol–water partition coefficient (Wildman–Crippen LogP) is 2.05. The number of benzene rings is 2. The van der Waals surface area contributed by atoms with Gasteiger partial charge in [0.25, 0.3) is 0 Å². The number of rotatable bonds is 0. The number of carbonyl (C=O) groups is 2. The van der Waals surface area contributed by atoms with Crippen LogP contribution in [-0.2, 0) is 7.05 Å². The molecule has 0 bridgehead atoms. The first-order chi connectivity index (χ1) is 10.1. The highest BCUT2D eigenvalue weighted by atomic mass is 16.3. The third-order valence-electron chi connectivity index (χ3n) is 3.78. The number of hydrogen-bond acceptors (Lipinski definition) is 4. The number of carbonyl (C=O) groups excluding carboxylic acids is 2. The molecule has 102 valence electrons. The molecule has 2 aromatic carbocycles. The Balaban J connectivity index is 2.13. The topological polar surface area (TPSA) is 72.2 Å². The van der Waals surface area contributed by atoms with Crippen molar-refractivity contribution in [3.63, 3.8) is 0 Å². The number of fused-ring (bicyclic) bond motifs is 3. The summed E-state index contributed by atoms with van der Waals surface area (Å²) in [6, 6.07) is 8.75. The molecule has 0 saturated heterocycles. The Morgan fingerprint density at radius 3 is 2.67 bits per heavy atom. The molecule has 3 aromatic rings. The van der Waals surface area contributed by atoms with Crippen molar-refractivity contribution in [3.8, 4) is 5.75 Å². The number of phenols is 1. The van der Waals surface area contributed by atoms with Gasteiger partial charge in [-0.1, -0.05) is 24.3 Å². The van der Waals surface area contributed by atoms with E-state index in [1.165, 1.54) is 10.9 Å². The molecule has 0 aliphatic heterocycles. The molecule has 4 rings (SSSR count). The Bertz CT molecular complexity index is 954. The van der Waals surface area contributed by atoms with Crippen molar-refractivity contribution in [3.05, 3.63) is 58.9 Å². The van der Waals surface area contributed by atoms with Crippen LogP contribution in [0, 0.1) is 0 Å². The fraction of sp³-hybridized carbons (Fsp3) is 0.0625. The molecule has 1 aliphatic rings. The molecule has 0 spiro atoms. The molecule has 0 atom stereocenters. The minimum Gasteiger partial charge on any atom is -0.507 e. The van der Waals surface area contributed by atoms with Crippen LogP contribution in [0.2, 0.25) is 0 Å². The lowest BCUT2D eigenvalue weighted by Crippen LogP contribution is -2.20. The average Bonchev–Trinajstić information content (AvgIpc) is 2.87. The van der Waals surface area contributed by atoms with Gasteiger partial charge in [-0.15, -0.1) is 0 Å². The average molecular weight is 278 g/mol. The van der Waals surface area contributed by atoms with Gasteiger partial charge in [-0.3, -0.25) is 14.3 Å². The summed E-state index contributed by atoms with van der Waals surface area (Å²) in [4.78, 5) is 25.1. The highest BCUT2D eigenvalue weighted by molar-refractivity contribution is 6.30. The highest BCUT2D eigenvalue weighted by Crippen LogP contribution is 2.37. The molecule has 0 unspecified atom stereocenters. The zero-order valence-corrected chi connectivity index (χ0v) is 11.1. The van der Waals surface area contributed by atoms with Crippen molar-refractivity contribution < 1.29 is 14.7 Å². The molecule has 1 aromatic heterocycles. The van der Waals surface area contributed by atoms with Crippen molar-refractivity contribution in [2.24, 2.45) is 7.05 Å². The van der Waals surface area contributed by atoms with Gasteiger partial charge >= 0.3 is 0 Å². The van der Waals surface area contributed by atoms with E-state index < -0.39 is 0 Å². The molecule has 5 nitrogen and oxygen atoms in total. The lowest BCUT2D eigenvalue weighted by Gasteiger charge is -2.16. The predicted molar refractivity (Wildman–Crippen MR) is 75.7 cm³/mol. The van der Waals surface area contributed by atoms with E-state index in [9.17, 15) is 14.7 Å². The van der Waals surface area contributed by atoms with Crippen LogP contribution in [0.4, 0.5) is 0 Å². The van der Waals surface area contributed by atoms with Crippen LogP contribution in [0.15, 0.2) is 36.5 Å². The first-order valence-corrected chi connectivity index (χ1v) is 6.45. The number of ketones is 2. The minimum atomic E-state index is -0.365. The van der Waals surface area contributed by atoms with Crippen molar-refractivity contribution in [2.45, 2.75) is 0 Å². The van der Waals surface area contributed by atoms with Gasteiger partial charge in [0, 0.05) is 24.2 Å². The molecule has 21 heavy (non-hydrogen) atoms. The summed E-state index contributed by atoms with van der Waals surface area (Å²) < 4.78 is 1.43. The van der Waals surface area contributed by atoms with Gasteiger partial charge in [-0.05, 0) is 11.5 Å².